The number of alkyl carbamates (subject to hydrolysis) is 1. The summed E-state index contributed by atoms with van der Waals surface area (Å²) in [5.41, 5.74) is 0.830. The molecule has 116 valence electrons. The van der Waals surface area contributed by atoms with Crippen molar-refractivity contribution >= 4 is 12.1 Å². The van der Waals surface area contributed by atoms with Crippen LogP contribution in [0.2, 0.25) is 0 Å². The van der Waals surface area contributed by atoms with Crippen molar-refractivity contribution < 1.29 is 28.2 Å². The van der Waals surface area contributed by atoms with E-state index in [1.807, 2.05) is 18.2 Å². The van der Waals surface area contributed by atoms with E-state index in [2.05, 4.69) is 5.32 Å². The Morgan fingerprint density at radius 2 is 1.90 bits per heavy atom. The molecule has 1 unspecified atom stereocenters. The fourth-order valence-electron chi connectivity index (χ4n) is 1.64. The van der Waals surface area contributed by atoms with E-state index in [1.54, 1.807) is 12.1 Å². The van der Waals surface area contributed by atoms with Crippen LogP contribution < -0.4 is 5.32 Å². The van der Waals surface area contributed by atoms with Gasteiger partial charge in [0, 0.05) is 6.54 Å². The molecule has 0 fully saturated rings. The molecule has 0 saturated carbocycles. The maximum Gasteiger partial charge on any atom is 0.407 e. The van der Waals surface area contributed by atoms with Crippen LogP contribution in [0.25, 0.3) is 0 Å². The molecule has 2 N–H and O–H groups in total. The molecule has 0 aromatic heterocycles. The maximum absolute atomic E-state index is 12.4. The number of carbonyl (C=O) groups is 2. The van der Waals surface area contributed by atoms with E-state index in [1.165, 1.54) is 0 Å². The Kier molecular flexibility index (Phi) is 7.14. The van der Waals surface area contributed by atoms with Crippen molar-refractivity contribution in [3.05, 3.63) is 35.9 Å². The Bertz CT molecular complexity index is 454. The molecule has 1 amide bonds. The summed E-state index contributed by atoms with van der Waals surface area (Å²) in [6.45, 7) is 0.200. The zero-order chi connectivity index (χ0) is 15.7. The second-order valence-corrected chi connectivity index (χ2v) is 4.41. The molecule has 0 aliphatic heterocycles. The Labute approximate surface area is 120 Å². The Morgan fingerprint density at radius 1 is 1.24 bits per heavy atom. The van der Waals surface area contributed by atoms with Gasteiger partial charge in [-0.05, 0) is 18.4 Å². The third kappa shape index (κ3) is 6.69. The second-order valence-electron chi connectivity index (χ2n) is 4.41. The zero-order valence-electron chi connectivity index (χ0n) is 11.3. The van der Waals surface area contributed by atoms with Crippen LogP contribution in [0, 0.1) is 5.92 Å². The molecule has 0 saturated heterocycles. The number of amides is 1. The van der Waals surface area contributed by atoms with Gasteiger partial charge >= 0.3 is 12.1 Å². The van der Waals surface area contributed by atoms with E-state index < -0.39 is 24.4 Å². The minimum Gasteiger partial charge on any atom is -0.481 e. The Hall–Kier alpha value is -2.18. The van der Waals surface area contributed by atoms with Gasteiger partial charge in [-0.1, -0.05) is 30.3 Å². The molecule has 7 heteroatoms. The number of nitrogens with one attached hydrogen (secondary N) is 1. The van der Waals surface area contributed by atoms with Gasteiger partial charge in [-0.15, -0.1) is 0 Å². The molecule has 5 nitrogen and oxygen atoms in total. The number of carbonyl (C=O) groups excluding carboxylic acids is 1. The number of carboxylic acid groups (broad SMARTS) is 1. The lowest BCUT2D eigenvalue weighted by atomic mass is 10.0. The summed E-state index contributed by atoms with van der Waals surface area (Å²) in [7, 11) is 0. The number of hydrogen-bond donors (Lipinski definition) is 2. The van der Waals surface area contributed by atoms with Crippen LogP contribution in [-0.2, 0) is 16.1 Å². The predicted octanol–water partition coefficient (Wildman–Crippen LogP) is 2.66. The zero-order valence-corrected chi connectivity index (χ0v) is 11.3. The van der Waals surface area contributed by atoms with Gasteiger partial charge < -0.3 is 15.2 Å². The summed E-state index contributed by atoms with van der Waals surface area (Å²) in [6.07, 6.45) is -3.64. The van der Waals surface area contributed by atoms with Gasteiger partial charge in [0.05, 0.1) is 0 Å². The SMILES string of the molecule is O=C(NCCCC(C(=O)O)C(F)F)OCc1ccccc1. The number of hydrogen-bond acceptors (Lipinski definition) is 3. The van der Waals surface area contributed by atoms with Gasteiger partial charge in [-0.3, -0.25) is 4.79 Å². The second kappa shape index (κ2) is 8.89. The van der Waals surface area contributed by atoms with Gasteiger partial charge in [0.2, 0.25) is 0 Å². The molecular weight excluding hydrogens is 284 g/mol. The maximum atomic E-state index is 12.4. The van der Waals surface area contributed by atoms with Crippen molar-refractivity contribution in [2.75, 3.05) is 6.54 Å². The van der Waals surface area contributed by atoms with Gasteiger partial charge in [-0.2, -0.15) is 0 Å². The molecule has 0 heterocycles. The van der Waals surface area contributed by atoms with Crippen molar-refractivity contribution in [3.63, 3.8) is 0 Å². The van der Waals surface area contributed by atoms with E-state index >= 15 is 0 Å². The van der Waals surface area contributed by atoms with Crippen LogP contribution in [0.5, 0.6) is 0 Å². The quantitative estimate of drug-likeness (QED) is 0.724. The van der Waals surface area contributed by atoms with E-state index in [-0.39, 0.29) is 26.0 Å². The summed E-state index contributed by atoms with van der Waals surface area (Å²) in [6, 6.07) is 9.06. The Balaban J connectivity index is 2.17. The minimum atomic E-state index is -2.91. The highest BCUT2D eigenvalue weighted by Gasteiger charge is 2.27. The number of halogens is 2. The highest BCUT2D eigenvalue weighted by Crippen LogP contribution is 2.15. The number of ether oxygens (including phenoxy) is 1. The van der Waals surface area contributed by atoms with E-state index in [4.69, 9.17) is 9.84 Å². The monoisotopic (exact) mass is 301 g/mol. The molecule has 21 heavy (non-hydrogen) atoms. The first-order chi connectivity index (χ1) is 10.0. The van der Waals surface area contributed by atoms with Gasteiger partial charge in [0.1, 0.15) is 12.5 Å². The first kappa shape index (κ1) is 16.9. The first-order valence-corrected chi connectivity index (χ1v) is 6.46. The lowest BCUT2D eigenvalue weighted by molar-refractivity contribution is -0.147. The number of alkyl halides is 2. The summed E-state index contributed by atoms with van der Waals surface area (Å²) in [4.78, 5) is 21.9. The molecule has 0 aliphatic carbocycles. The predicted molar refractivity (Wildman–Crippen MR) is 71.0 cm³/mol. The van der Waals surface area contributed by atoms with Crippen LogP contribution in [0.4, 0.5) is 13.6 Å². The molecule has 1 aromatic carbocycles. The van der Waals surface area contributed by atoms with Crippen molar-refractivity contribution in [2.24, 2.45) is 5.92 Å². The lowest BCUT2D eigenvalue weighted by Gasteiger charge is -2.11. The smallest absolute Gasteiger partial charge is 0.407 e. The van der Waals surface area contributed by atoms with Crippen molar-refractivity contribution in [2.45, 2.75) is 25.9 Å². The average molecular weight is 301 g/mol. The van der Waals surface area contributed by atoms with Crippen LogP contribution in [0.15, 0.2) is 30.3 Å². The van der Waals surface area contributed by atoms with Crippen molar-refractivity contribution in [3.8, 4) is 0 Å². The third-order valence-electron chi connectivity index (χ3n) is 2.80. The van der Waals surface area contributed by atoms with Crippen molar-refractivity contribution in [1.29, 1.82) is 0 Å². The van der Waals surface area contributed by atoms with E-state index in [9.17, 15) is 18.4 Å². The summed E-state index contributed by atoms with van der Waals surface area (Å²) in [5, 5.41) is 11.0. The van der Waals surface area contributed by atoms with Crippen molar-refractivity contribution in [1.82, 2.24) is 5.32 Å². The van der Waals surface area contributed by atoms with Crippen LogP contribution >= 0.6 is 0 Å². The number of benzene rings is 1. The molecule has 0 spiro atoms. The molecule has 0 aliphatic rings. The van der Waals surface area contributed by atoms with Crippen LogP contribution in [0.1, 0.15) is 18.4 Å². The average Bonchev–Trinajstić information content (AvgIpc) is 2.45. The highest BCUT2D eigenvalue weighted by molar-refractivity contribution is 5.70. The van der Waals surface area contributed by atoms with E-state index in [0.717, 1.165) is 5.56 Å². The number of rotatable bonds is 8. The molecular formula is C14H17F2NO4. The highest BCUT2D eigenvalue weighted by atomic mass is 19.3. The number of carboxylic acids is 1. The molecule has 1 aromatic rings. The largest absolute Gasteiger partial charge is 0.481 e. The molecule has 1 atom stereocenters. The normalized spacial score (nSPS) is 12.0. The lowest BCUT2D eigenvalue weighted by Crippen LogP contribution is -2.27. The minimum absolute atomic E-state index is 0.0874. The molecule has 1 rings (SSSR count). The topological polar surface area (TPSA) is 75.6 Å². The summed E-state index contributed by atoms with van der Waals surface area (Å²) < 4.78 is 29.6. The van der Waals surface area contributed by atoms with Gasteiger partial charge in [0.15, 0.2) is 0 Å². The van der Waals surface area contributed by atoms with Gasteiger partial charge in [-0.25, -0.2) is 13.6 Å². The number of aliphatic carboxylic acids is 1. The third-order valence-corrected chi connectivity index (χ3v) is 2.80. The van der Waals surface area contributed by atoms with Crippen LogP contribution in [0.3, 0.4) is 0 Å². The summed E-state index contributed by atoms with van der Waals surface area (Å²) in [5.74, 6) is -3.23. The standard InChI is InChI=1S/C14H17F2NO4/c15-12(16)11(13(18)19)7-4-8-17-14(20)21-9-10-5-2-1-3-6-10/h1-3,5-6,11-12H,4,7-9H2,(H,17,20)(H,18,19). The fraction of sp³-hybridized carbons (Fsp3) is 0.429. The Morgan fingerprint density at radius 3 is 2.48 bits per heavy atom. The summed E-state index contributed by atoms with van der Waals surface area (Å²) >= 11 is 0. The van der Waals surface area contributed by atoms with E-state index in [0.29, 0.717) is 0 Å². The van der Waals surface area contributed by atoms with Gasteiger partial charge in [0.25, 0.3) is 6.43 Å². The first-order valence-electron chi connectivity index (χ1n) is 6.46. The fourth-order valence-corrected chi connectivity index (χ4v) is 1.64. The molecule has 0 bridgehead atoms. The van der Waals surface area contributed by atoms with Crippen LogP contribution in [-0.4, -0.2) is 30.1 Å². The molecule has 0 radical (unpaired) electrons.